The lowest BCUT2D eigenvalue weighted by Gasteiger charge is -2.43. The van der Waals surface area contributed by atoms with Crippen LogP contribution in [0.15, 0.2) is 42.5 Å². The number of nitrogens with zero attached hydrogens (tertiary/aromatic N) is 2. The molecule has 134 valence electrons. The summed E-state index contributed by atoms with van der Waals surface area (Å²) in [5.74, 6) is 0. The molecule has 25 heavy (non-hydrogen) atoms. The van der Waals surface area contributed by atoms with Gasteiger partial charge in [-0.25, -0.2) is 4.79 Å². The fourth-order valence-corrected chi connectivity index (χ4v) is 3.32. The van der Waals surface area contributed by atoms with Gasteiger partial charge in [0, 0.05) is 43.6 Å². The van der Waals surface area contributed by atoms with Crippen LogP contribution in [0.5, 0.6) is 0 Å². The first kappa shape index (κ1) is 17.7. The van der Waals surface area contributed by atoms with Gasteiger partial charge in [-0.1, -0.05) is 36.4 Å². The molecule has 1 saturated heterocycles. The maximum absolute atomic E-state index is 12.4. The number of amides is 2. The molecule has 0 radical (unpaired) electrons. The molecule has 1 fully saturated rings. The molecule has 1 aliphatic rings. The van der Waals surface area contributed by atoms with E-state index in [9.17, 15) is 4.79 Å². The van der Waals surface area contributed by atoms with Crippen molar-refractivity contribution in [3.8, 4) is 0 Å². The van der Waals surface area contributed by atoms with Crippen molar-refractivity contribution in [3.05, 3.63) is 42.5 Å². The summed E-state index contributed by atoms with van der Waals surface area (Å²) in [6.45, 7) is 9.23. The number of likely N-dealkylation sites (N-methyl/N-ethyl adjacent to an activating group) is 1. The molecule has 2 N–H and O–H groups in total. The minimum absolute atomic E-state index is 0.0582. The molecule has 0 spiro atoms. The van der Waals surface area contributed by atoms with E-state index in [1.807, 2.05) is 30.3 Å². The second kappa shape index (κ2) is 7.42. The Morgan fingerprint density at radius 1 is 1.04 bits per heavy atom. The van der Waals surface area contributed by atoms with E-state index in [4.69, 9.17) is 0 Å². The highest BCUT2D eigenvalue weighted by atomic mass is 16.2. The Balaban J connectivity index is 1.59. The van der Waals surface area contributed by atoms with E-state index in [1.54, 1.807) is 0 Å². The Labute approximate surface area is 150 Å². The van der Waals surface area contributed by atoms with E-state index < -0.39 is 0 Å². The third-order valence-electron chi connectivity index (χ3n) is 5.08. The second-order valence-electron chi connectivity index (χ2n) is 7.44. The molecule has 2 aromatic rings. The predicted molar refractivity (Wildman–Crippen MR) is 104 cm³/mol. The van der Waals surface area contributed by atoms with Crippen molar-refractivity contribution < 1.29 is 4.79 Å². The Hall–Kier alpha value is -2.11. The number of benzene rings is 2. The van der Waals surface area contributed by atoms with Gasteiger partial charge >= 0.3 is 6.03 Å². The maximum Gasteiger partial charge on any atom is 0.319 e. The van der Waals surface area contributed by atoms with Gasteiger partial charge in [0.05, 0.1) is 5.69 Å². The van der Waals surface area contributed by atoms with Gasteiger partial charge in [-0.3, -0.25) is 4.90 Å². The van der Waals surface area contributed by atoms with Crippen molar-refractivity contribution in [3.63, 3.8) is 0 Å². The summed E-state index contributed by atoms with van der Waals surface area (Å²) in [5.41, 5.74) is 0.783. The molecule has 2 amide bonds. The Morgan fingerprint density at radius 3 is 2.48 bits per heavy atom. The molecule has 3 rings (SSSR count). The minimum atomic E-state index is -0.154. The molecule has 0 atom stereocenters. The smallest absolute Gasteiger partial charge is 0.319 e. The van der Waals surface area contributed by atoms with Crippen molar-refractivity contribution in [2.24, 2.45) is 0 Å². The monoisotopic (exact) mass is 340 g/mol. The largest absolute Gasteiger partial charge is 0.336 e. The molecular weight excluding hydrogens is 312 g/mol. The highest BCUT2D eigenvalue weighted by Gasteiger charge is 2.29. The number of hydrogen-bond acceptors (Lipinski definition) is 3. The molecule has 0 saturated carbocycles. The average molecular weight is 340 g/mol. The van der Waals surface area contributed by atoms with Crippen molar-refractivity contribution in [2.75, 3.05) is 45.1 Å². The fraction of sp³-hybridized carbons (Fsp3) is 0.450. The van der Waals surface area contributed by atoms with Gasteiger partial charge in [0.15, 0.2) is 0 Å². The van der Waals surface area contributed by atoms with Gasteiger partial charge in [-0.15, -0.1) is 0 Å². The summed E-state index contributed by atoms with van der Waals surface area (Å²) >= 11 is 0. The highest BCUT2D eigenvalue weighted by molar-refractivity contribution is 6.01. The molecule has 1 aliphatic heterocycles. The van der Waals surface area contributed by atoms with Crippen LogP contribution in [0.1, 0.15) is 13.8 Å². The number of anilines is 1. The number of hydrogen-bond donors (Lipinski definition) is 2. The van der Waals surface area contributed by atoms with E-state index in [0.29, 0.717) is 6.54 Å². The van der Waals surface area contributed by atoms with E-state index in [0.717, 1.165) is 42.6 Å². The van der Waals surface area contributed by atoms with Gasteiger partial charge in [0.25, 0.3) is 0 Å². The van der Waals surface area contributed by atoms with Gasteiger partial charge in [0.2, 0.25) is 0 Å². The van der Waals surface area contributed by atoms with Crippen LogP contribution in [0.25, 0.3) is 10.8 Å². The zero-order chi connectivity index (χ0) is 17.9. The fourth-order valence-electron chi connectivity index (χ4n) is 3.32. The van der Waals surface area contributed by atoms with Gasteiger partial charge in [0.1, 0.15) is 0 Å². The minimum Gasteiger partial charge on any atom is -0.336 e. The summed E-state index contributed by atoms with van der Waals surface area (Å²) in [4.78, 5) is 17.2. The molecule has 0 aromatic heterocycles. The van der Waals surface area contributed by atoms with E-state index in [-0.39, 0.29) is 11.6 Å². The SMILES string of the molecule is CN1CCN(C(C)(C)CNC(=O)Nc2cccc3ccccc23)CC1. The van der Waals surface area contributed by atoms with Gasteiger partial charge < -0.3 is 15.5 Å². The summed E-state index contributed by atoms with van der Waals surface area (Å²) in [6.07, 6.45) is 0. The number of carbonyl (C=O) groups excluding carboxylic acids is 1. The first-order valence-electron chi connectivity index (χ1n) is 8.92. The number of fused-ring (bicyclic) bond motifs is 1. The molecule has 1 heterocycles. The standard InChI is InChI=1S/C20H28N4O/c1-20(2,24-13-11-23(3)12-14-24)15-21-19(25)22-18-10-6-8-16-7-4-5-9-17(16)18/h4-10H,11-15H2,1-3H3,(H2,21,22,25). The summed E-state index contributed by atoms with van der Waals surface area (Å²) in [7, 11) is 2.15. The first-order chi connectivity index (χ1) is 12.0. The lowest BCUT2D eigenvalue weighted by atomic mass is 10.0. The Bertz CT molecular complexity index is 730. The van der Waals surface area contributed by atoms with E-state index in [1.165, 1.54) is 0 Å². The quantitative estimate of drug-likeness (QED) is 0.899. The number of piperazine rings is 1. The van der Waals surface area contributed by atoms with Crippen LogP contribution in [-0.4, -0.2) is 61.1 Å². The Morgan fingerprint density at radius 2 is 1.72 bits per heavy atom. The highest BCUT2D eigenvalue weighted by Crippen LogP contribution is 2.23. The molecule has 0 aliphatic carbocycles. The molecule has 5 heteroatoms. The van der Waals surface area contributed by atoms with Crippen molar-refractivity contribution in [2.45, 2.75) is 19.4 Å². The zero-order valence-electron chi connectivity index (χ0n) is 15.4. The number of rotatable bonds is 4. The molecule has 0 bridgehead atoms. The first-order valence-corrected chi connectivity index (χ1v) is 8.92. The van der Waals surface area contributed by atoms with Crippen LogP contribution in [0.4, 0.5) is 10.5 Å². The topological polar surface area (TPSA) is 47.6 Å². The second-order valence-corrected chi connectivity index (χ2v) is 7.44. The lowest BCUT2D eigenvalue weighted by Crippen LogP contribution is -2.58. The summed E-state index contributed by atoms with van der Waals surface area (Å²) in [6, 6.07) is 13.9. The average Bonchev–Trinajstić information content (AvgIpc) is 2.61. The maximum atomic E-state index is 12.4. The molecule has 5 nitrogen and oxygen atoms in total. The molecule has 0 unspecified atom stereocenters. The van der Waals surface area contributed by atoms with Gasteiger partial charge in [-0.2, -0.15) is 0 Å². The Kier molecular flexibility index (Phi) is 5.25. The third kappa shape index (κ3) is 4.30. The van der Waals surface area contributed by atoms with Crippen LogP contribution in [0.2, 0.25) is 0 Å². The summed E-state index contributed by atoms with van der Waals surface area (Å²) < 4.78 is 0. The molecule has 2 aromatic carbocycles. The van der Waals surface area contributed by atoms with Crippen LogP contribution >= 0.6 is 0 Å². The van der Waals surface area contributed by atoms with Crippen molar-refractivity contribution >= 4 is 22.5 Å². The van der Waals surface area contributed by atoms with Crippen molar-refractivity contribution in [1.29, 1.82) is 0 Å². The van der Waals surface area contributed by atoms with E-state index >= 15 is 0 Å². The number of carbonyl (C=O) groups is 1. The molecular formula is C20H28N4O. The van der Waals surface area contributed by atoms with Crippen LogP contribution in [0, 0.1) is 0 Å². The predicted octanol–water partition coefficient (Wildman–Crippen LogP) is 2.99. The van der Waals surface area contributed by atoms with Crippen molar-refractivity contribution in [1.82, 2.24) is 15.1 Å². The summed E-state index contributed by atoms with van der Waals surface area (Å²) in [5, 5.41) is 8.21. The third-order valence-corrected chi connectivity index (χ3v) is 5.08. The van der Waals surface area contributed by atoms with Crippen LogP contribution in [-0.2, 0) is 0 Å². The normalized spacial score (nSPS) is 16.8. The van der Waals surface area contributed by atoms with E-state index in [2.05, 4.69) is 53.5 Å². The van der Waals surface area contributed by atoms with Gasteiger partial charge in [-0.05, 0) is 32.3 Å². The lowest BCUT2D eigenvalue weighted by molar-refractivity contribution is 0.0636. The zero-order valence-corrected chi connectivity index (χ0v) is 15.4. The van der Waals surface area contributed by atoms with Crippen LogP contribution in [0.3, 0.4) is 0 Å². The number of nitrogens with one attached hydrogen (secondary N) is 2. The number of urea groups is 1. The van der Waals surface area contributed by atoms with Crippen LogP contribution < -0.4 is 10.6 Å².